The summed E-state index contributed by atoms with van der Waals surface area (Å²) >= 11 is 1.86. The molecule has 0 fully saturated rings. The smallest absolute Gasteiger partial charge is 0.166 e. The number of hydrogen-bond acceptors (Lipinski definition) is 5. The summed E-state index contributed by atoms with van der Waals surface area (Å²) in [6.07, 6.45) is 0. The quantitative estimate of drug-likeness (QED) is 0.176. The van der Waals surface area contributed by atoms with Gasteiger partial charge in [0.15, 0.2) is 17.5 Å². The van der Waals surface area contributed by atoms with E-state index in [-0.39, 0.29) is 0 Å². The van der Waals surface area contributed by atoms with Crippen LogP contribution in [-0.4, -0.2) is 19.5 Å². The van der Waals surface area contributed by atoms with E-state index in [2.05, 4.69) is 132 Å². The fraction of sp³-hybridized carbons (Fsp3) is 0. The second-order valence-corrected chi connectivity index (χ2v) is 15.4. The first-order valence-corrected chi connectivity index (χ1v) is 19.8. The average molecular weight is 747 g/mol. The highest BCUT2D eigenvalue weighted by Gasteiger charge is 2.21. The molecule has 0 N–H and O–H groups in total. The molecule has 0 aliphatic heterocycles. The zero-order valence-electron chi connectivity index (χ0n) is 30.4. The standard InChI is InChI=1S/C51H30N4OS/c1-3-14-31(15-4-1)34-21-13-22-38-41-29-40-35-18-7-10-23-42(35)55(44(40)30-47(41)57-48(34)38)43-24-11-8-20-39(43)51-53-49(32-16-5-2-6-17-32)52-50(54-51)33-26-27-37-36-19-9-12-25-45(36)56-46(37)28-33/h1-30H. The van der Waals surface area contributed by atoms with Crippen LogP contribution < -0.4 is 0 Å². The van der Waals surface area contributed by atoms with Crippen molar-refractivity contribution in [1.29, 1.82) is 0 Å². The van der Waals surface area contributed by atoms with Crippen LogP contribution in [0.2, 0.25) is 0 Å². The van der Waals surface area contributed by atoms with Gasteiger partial charge in [0.2, 0.25) is 0 Å². The summed E-state index contributed by atoms with van der Waals surface area (Å²) in [6, 6.07) is 63.8. The number of benzene rings is 8. The third-order valence-corrected chi connectivity index (χ3v) is 12.3. The van der Waals surface area contributed by atoms with Gasteiger partial charge < -0.3 is 8.98 Å². The van der Waals surface area contributed by atoms with Crippen LogP contribution in [0.5, 0.6) is 0 Å². The Morgan fingerprint density at radius 2 is 1.04 bits per heavy atom. The molecule has 12 aromatic rings. The van der Waals surface area contributed by atoms with Crippen molar-refractivity contribution in [3.8, 4) is 51.0 Å². The summed E-state index contributed by atoms with van der Waals surface area (Å²) in [7, 11) is 0. The Morgan fingerprint density at radius 3 is 1.89 bits per heavy atom. The zero-order chi connectivity index (χ0) is 37.5. The van der Waals surface area contributed by atoms with Crippen LogP contribution in [0.4, 0.5) is 0 Å². The molecule has 0 saturated heterocycles. The molecule has 12 rings (SSSR count). The van der Waals surface area contributed by atoms with Crippen molar-refractivity contribution < 1.29 is 4.42 Å². The molecule has 0 spiro atoms. The molecule has 5 nitrogen and oxygen atoms in total. The Morgan fingerprint density at radius 1 is 0.386 bits per heavy atom. The van der Waals surface area contributed by atoms with Gasteiger partial charge >= 0.3 is 0 Å². The second kappa shape index (κ2) is 12.6. The third kappa shape index (κ3) is 5.04. The lowest BCUT2D eigenvalue weighted by atomic mass is 10.0. The first kappa shape index (κ1) is 31.9. The number of fused-ring (bicyclic) bond motifs is 9. The van der Waals surface area contributed by atoms with Gasteiger partial charge in [-0.2, -0.15) is 0 Å². The maximum atomic E-state index is 6.30. The monoisotopic (exact) mass is 746 g/mol. The molecule has 0 unspecified atom stereocenters. The summed E-state index contributed by atoms with van der Waals surface area (Å²) in [4.78, 5) is 15.5. The summed E-state index contributed by atoms with van der Waals surface area (Å²) in [5, 5.41) is 7.11. The lowest BCUT2D eigenvalue weighted by molar-refractivity contribution is 0.669. The molecule has 0 radical (unpaired) electrons. The highest BCUT2D eigenvalue weighted by Crippen LogP contribution is 2.44. The van der Waals surface area contributed by atoms with E-state index in [0.29, 0.717) is 17.5 Å². The van der Waals surface area contributed by atoms with Gasteiger partial charge in [0, 0.05) is 58.4 Å². The highest BCUT2D eigenvalue weighted by atomic mass is 32.1. The summed E-state index contributed by atoms with van der Waals surface area (Å²) in [6.45, 7) is 0. The van der Waals surface area contributed by atoms with Crippen LogP contribution in [-0.2, 0) is 0 Å². The lowest BCUT2D eigenvalue weighted by Gasteiger charge is -2.14. The van der Waals surface area contributed by atoms with E-state index < -0.39 is 0 Å². The maximum absolute atomic E-state index is 6.30. The summed E-state index contributed by atoms with van der Waals surface area (Å²) in [5.41, 5.74) is 10.1. The van der Waals surface area contributed by atoms with Crippen LogP contribution in [0.3, 0.4) is 0 Å². The Kier molecular flexibility index (Phi) is 7.03. The molecule has 57 heavy (non-hydrogen) atoms. The van der Waals surface area contributed by atoms with Gasteiger partial charge in [0.25, 0.3) is 0 Å². The predicted octanol–water partition coefficient (Wildman–Crippen LogP) is 13.9. The van der Waals surface area contributed by atoms with Gasteiger partial charge in [-0.1, -0.05) is 133 Å². The number of hydrogen-bond donors (Lipinski definition) is 0. The number of furan rings is 1. The van der Waals surface area contributed by atoms with E-state index in [0.717, 1.165) is 55.3 Å². The highest BCUT2D eigenvalue weighted by molar-refractivity contribution is 7.26. The van der Waals surface area contributed by atoms with Crippen molar-refractivity contribution in [2.24, 2.45) is 0 Å². The molecule has 0 aliphatic carbocycles. The van der Waals surface area contributed by atoms with E-state index in [9.17, 15) is 0 Å². The van der Waals surface area contributed by atoms with Gasteiger partial charge in [-0.25, -0.2) is 15.0 Å². The SMILES string of the molecule is c1ccc(-c2nc(-c3ccc4c(c3)oc3ccccc34)nc(-c3ccccc3-n3c4ccccc4c4cc5c(cc43)sc3c(-c4ccccc4)cccc35)n2)cc1. The Bertz CT molecular complexity index is 3530. The molecule has 4 heterocycles. The minimum Gasteiger partial charge on any atom is -0.456 e. The van der Waals surface area contributed by atoms with Crippen molar-refractivity contribution >= 4 is 75.3 Å². The van der Waals surface area contributed by atoms with Gasteiger partial charge in [-0.3, -0.25) is 0 Å². The molecule has 0 amide bonds. The number of aromatic nitrogens is 4. The van der Waals surface area contributed by atoms with E-state index in [4.69, 9.17) is 19.4 Å². The molecular weight excluding hydrogens is 717 g/mol. The molecular formula is C51H30N4OS. The van der Waals surface area contributed by atoms with Crippen molar-refractivity contribution in [3.05, 3.63) is 182 Å². The largest absolute Gasteiger partial charge is 0.456 e. The molecule has 0 saturated carbocycles. The van der Waals surface area contributed by atoms with Crippen LogP contribution in [0, 0.1) is 0 Å². The number of rotatable bonds is 5. The van der Waals surface area contributed by atoms with E-state index in [1.807, 2.05) is 65.9 Å². The molecule has 0 atom stereocenters. The lowest BCUT2D eigenvalue weighted by Crippen LogP contribution is -2.03. The molecule has 4 aromatic heterocycles. The zero-order valence-corrected chi connectivity index (χ0v) is 31.2. The Balaban J connectivity index is 1.09. The van der Waals surface area contributed by atoms with Crippen molar-refractivity contribution in [2.45, 2.75) is 0 Å². The fourth-order valence-electron chi connectivity index (χ4n) is 8.43. The number of thiophene rings is 1. The predicted molar refractivity (Wildman–Crippen MR) is 236 cm³/mol. The van der Waals surface area contributed by atoms with Crippen LogP contribution >= 0.6 is 11.3 Å². The molecule has 0 bridgehead atoms. The van der Waals surface area contributed by atoms with E-state index in [1.165, 1.54) is 42.1 Å². The van der Waals surface area contributed by atoms with Gasteiger partial charge in [-0.15, -0.1) is 11.3 Å². The molecule has 8 aromatic carbocycles. The molecule has 0 aliphatic rings. The maximum Gasteiger partial charge on any atom is 0.166 e. The van der Waals surface area contributed by atoms with Crippen LogP contribution in [0.25, 0.3) is 115 Å². The van der Waals surface area contributed by atoms with E-state index >= 15 is 0 Å². The van der Waals surface area contributed by atoms with Gasteiger partial charge in [-0.05, 0) is 59.7 Å². The summed E-state index contributed by atoms with van der Waals surface area (Å²) in [5.74, 6) is 1.79. The Labute approximate surface area is 330 Å². The number of nitrogens with zero attached hydrogens (tertiary/aromatic N) is 4. The third-order valence-electron chi connectivity index (χ3n) is 11.1. The number of para-hydroxylation sites is 3. The molecule has 6 heteroatoms. The van der Waals surface area contributed by atoms with Crippen LogP contribution in [0.1, 0.15) is 0 Å². The first-order chi connectivity index (χ1) is 28.2. The first-order valence-electron chi connectivity index (χ1n) is 19.0. The van der Waals surface area contributed by atoms with Crippen LogP contribution in [0.15, 0.2) is 186 Å². The fourth-order valence-corrected chi connectivity index (χ4v) is 9.68. The van der Waals surface area contributed by atoms with Gasteiger partial charge in [0.05, 0.1) is 16.7 Å². The minimum absolute atomic E-state index is 0.583. The normalized spacial score (nSPS) is 11.9. The Hall–Kier alpha value is -7.41. The summed E-state index contributed by atoms with van der Waals surface area (Å²) < 4.78 is 11.2. The topological polar surface area (TPSA) is 56.7 Å². The minimum atomic E-state index is 0.583. The van der Waals surface area contributed by atoms with Gasteiger partial charge in [0.1, 0.15) is 11.2 Å². The second-order valence-electron chi connectivity index (χ2n) is 14.4. The average Bonchev–Trinajstić information content (AvgIpc) is 3.95. The van der Waals surface area contributed by atoms with Crippen molar-refractivity contribution in [2.75, 3.05) is 0 Å². The van der Waals surface area contributed by atoms with E-state index in [1.54, 1.807) is 0 Å². The van der Waals surface area contributed by atoms with Crippen molar-refractivity contribution in [1.82, 2.24) is 19.5 Å². The molecule has 266 valence electrons. The van der Waals surface area contributed by atoms with Crippen molar-refractivity contribution in [3.63, 3.8) is 0 Å².